The zero-order valence-corrected chi connectivity index (χ0v) is 17.6. The molecule has 5 rings (SSSR count). The monoisotopic (exact) mass is 412 g/mol. The van der Waals surface area contributed by atoms with E-state index in [1.165, 1.54) is 5.56 Å². The van der Waals surface area contributed by atoms with Gasteiger partial charge in [0.2, 0.25) is 5.91 Å². The maximum Gasteiger partial charge on any atom is 0.225 e. The zero-order valence-electron chi connectivity index (χ0n) is 17.6. The van der Waals surface area contributed by atoms with Crippen LogP contribution in [0.2, 0.25) is 0 Å². The number of ether oxygens (including phenoxy) is 2. The number of rotatable bonds is 5. The van der Waals surface area contributed by atoms with E-state index in [1.807, 2.05) is 36.4 Å². The highest BCUT2D eigenvalue weighted by atomic mass is 16.5. The number of nitrogens with zero attached hydrogens (tertiary/aromatic N) is 1. The van der Waals surface area contributed by atoms with E-state index in [9.17, 15) is 4.79 Å². The van der Waals surface area contributed by atoms with Crippen molar-refractivity contribution in [3.63, 3.8) is 0 Å². The number of hydrogen-bond acceptors (Lipinski definition) is 3. The molecule has 1 aromatic heterocycles. The number of hydrogen-bond donors (Lipinski definition) is 1. The normalized spacial score (nSPS) is 15.4. The molecule has 5 nitrogen and oxygen atoms in total. The average Bonchev–Trinajstić information content (AvgIpc) is 3.09. The van der Waals surface area contributed by atoms with Gasteiger partial charge in [-0.1, -0.05) is 42.5 Å². The summed E-state index contributed by atoms with van der Waals surface area (Å²) in [6.45, 7) is 0.765. The Kier molecular flexibility index (Phi) is 4.86. The van der Waals surface area contributed by atoms with E-state index < -0.39 is 0 Å². The van der Waals surface area contributed by atoms with Gasteiger partial charge in [0.05, 0.1) is 25.4 Å². The minimum Gasteiger partial charge on any atom is -0.497 e. The van der Waals surface area contributed by atoms with Crippen molar-refractivity contribution in [1.82, 2.24) is 4.57 Å². The number of aromatic nitrogens is 1. The Bertz CT molecular complexity index is 1260. The summed E-state index contributed by atoms with van der Waals surface area (Å²) in [5.41, 5.74) is 5.31. The lowest BCUT2D eigenvalue weighted by Crippen LogP contribution is -2.14. The van der Waals surface area contributed by atoms with E-state index in [1.54, 1.807) is 14.2 Å². The van der Waals surface area contributed by atoms with Crippen molar-refractivity contribution >= 4 is 22.5 Å². The molecule has 1 amide bonds. The summed E-state index contributed by atoms with van der Waals surface area (Å²) < 4.78 is 13.3. The number of anilines is 1. The molecule has 0 bridgehead atoms. The van der Waals surface area contributed by atoms with Crippen LogP contribution in [0.25, 0.3) is 10.9 Å². The van der Waals surface area contributed by atoms with E-state index in [2.05, 4.69) is 46.4 Å². The molecule has 0 radical (unpaired) electrons. The molecule has 1 aliphatic heterocycles. The second-order valence-corrected chi connectivity index (χ2v) is 7.81. The topological polar surface area (TPSA) is 52.5 Å². The predicted octanol–water partition coefficient (Wildman–Crippen LogP) is 5.18. The third kappa shape index (κ3) is 3.42. The van der Waals surface area contributed by atoms with E-state index in [-0.39, 0.29) is 11.8 Å². The largest absolute Gasteiger partial charge is 0.497 e. The smallest absolute Gasteiger partial charge is 0.225 e. The first-order chi connectivity index (χ1) is 15.2. The van der Waals surface area contributed by atoms with Crippen LogP contribution in [0.4, 0.5) is 5.69 Å². The lowest BCUT2D eigenvalue weighted by Gasteiger charge is -2.18. The van der Waals surface area contributed by atoms with E-state index >= 15 is 0 Å². The molecule has 156 valence electrons. The molecule has 1 N–H and O–H groups in total. The summed E-state index contributed by atoms with van der Waals surface area (Å²) >= 11 is 0. The van der Waals surface area contributed by atoms with Crippen LogP contribution < -0.4 is 14.8 Å². The summed E-state index contributed by atoms with van der Waals surface area (Å²) in [5, 5.41) is 4.20. The van der Waals surface area contributed by atoms with Crippen LogP contribution in [0.15, 0.2) is 72.9 Å². The summed E-state index contributed by atoms with van der Waals surface area (Å²) in [6.07, 6.45) is 2.54. The number of nitrogens with one attached hydrogen (secondary N) is 1. The van der Waals surface area contributed by atoms with Gasteiger partial charge in [0.25, 0.3) is 0 Å². The lowest BCUT2D eigenvalue weighted by molar-refractivity contribution is -0.116. The summed E-state index contributed by atoms with van der Waals surface area (Å²) in [4.78, 5) is 12.8. The molecule has 0 saturated carbocycles. The van der Waals surface area contributed by atoms with Gasteiger partial charge >= 0.3 is 0 Å². The molecule has 0 saturated heterocycles. The first-order valence-corrected chi connectivity index (χ1v) is 10.4. The van der Waals surface area contributed by atoms with Gasteiger partial charge < -0.3 is 19.4 Å². The first kappa shape index (κ1) is 19.2. The van der Waals surface area contributed by atoms with Crippen molar-refractivity contribution in [2.75, 3.05) is 19.5 Å². The molecule has 0 spiro atoms. The number of benzene rings is 3. The molecule has 0 fully saturated rings. The Morgan fingerprint density at radius 3 is 2.58 bits per heavy atom. The molecule has 0 aliphatic carbocycles. The Labute approximate surface area is 181 Å². The van der Waals surface area contributed by atoms with Crippen molar-refractivity contribution in [3.05, 3.63) is 89.6 Å². The highest BCUT2D eigenvalue weighted by Crippen LogP contribution is 2.44. The van der Waals surface area contributed by atoms with Crippen LogP contribution in [0.5, 0.6) is 11.5 Å². The molecule has 5 heteroatoms. The minimum atomic E-state index is -0.121. The van der Waals surface area contributed by atoms with Crippen LogP contribution in [0.1, 0.15) is 29.0 Å². The van der Waals surface area contributed by atoms with Crippen LogP contribution in [0, 0.1) is 0 Å². The summed E-state index contributed by atoms with van der Waals surface area (Å²) in [5.74, 6) is 1.33. The van der Waals surface area contributed by atoms with Crippen molar-refractivity contribution in [3.8, 4) is 11.5 Å². The van der Waals surface area contributed by atoms with Crippen LogP contribution in [-0.4, -0.2) is 24.7 Å². The Morgan fingerprint density at radius 2 is 1.81 bits per heavy atom. The van der Waals surface area contributed by atoms with Gasteiger partial charge in [-0.3, -0.25) is 4.79 Å². The average molecular weight is 412 g/mol. The molecule has 2 heterocycles. The Balaban J connectivity index is 1.70. The van der Waals surface area contributed by atoms with Crippen molar-refractivity contribution < 1.29 is 14.3 Å². The molecular weight excluding hydrogens is 388 g/mol. The molecular formula is C26H24N2O3. The standard InChI is InChI=1S/C26H24N2O3/c1-30-18-11-12-19(24(13-18)31-2)20-14-25(29)27-22-9-6-10-23-26(22)21(20)16-28(23)15-17-7-4-3-5-8-17/h3-13,16,20H,14-15H2,1-2H3,(H,27,29). The molecule has 1 atom stereocenters. The predicted molar refractivity (Wildman–Crippen MR) is 122 cm³/mol. The summed E-state index contributed by atoms with van der Waals surface area (Å²) in [6, 6.07) is 22.3. The quantitative estimate of drug-likeness (QED) is 0.491. The fourth-order valence-electron chi connectivity index (χ4n) is 4.54. The van der Waals surface area contributed by atoms with Gasteiger partial charge in [0.15, 0.2) is 0 Å². The number of amides is 1. The van der Waals surface area contributed by atoms with Crippen molar-refractivity contribution in [1.29, 1.82) is 0 Å². The maximum atomic E-state index is 12.8. The van der Waals surface area contributed by atoms with Crippen LogP contribution in [-0.2, 0) is 11.3 Å². The van der Waals surface area contributed by atoms with E-state index in [4.69, 9.17) is 9.47 Å². The van der Waals surface area contributed by atoms with Gasteiger partial charge in [-0.25, -0.2) is 0 Å². The third-order valence-corrected chi connectivity index (χ3v) is 5.99. The number of carbonyl (C=O) groups excluding carboxylic acids is 1. The second-order valence-electron chi connectivity index (χ2n) is 7.81. The van der Waals surface area contributed by atoms with Gasteiger partial charge in [0, 0.05) is 42.1 Å². The van der Waals surface area contributed by atoms with Gasteiger partial charge in [-0.05, 0) is 29.3 Å². The Morgan fingerprint density at radius 1 is 0.968 bits per heavy atom. The van der Waals surface area contributed by atoms with E-state index in [0.29, 0.717) is 6.42 Å². The molecule has 4 aromatic rings. The minimum absolute atomic E-state index is 0.00109. The fraction of sp³-hybridized carbons (Fsp3) is 0.192. The second kappa shape index (κ2) is 7.84. The molecule has 1 aliphatic rings. The maximum absolute atomic E-state index is 12.8. The SMILES string of the molecule is COc1ccc(C2CC(=O)Nc3cccc4c3c2cn4Cc2ccccc2)c(OC)c1. The van der Waals surface area contributed by atoms with Crippen LogP contribution >= 0.6 is 0 Å². The molecule has 1 unspecified atom stereocenters. The Hall–Kier alpha value is -3.73. The third-order valence-electron chi connectivity index (χ3n) is 5.99. The molecule has 31 heavy (non-hydrogen) atoms. The number of carbonyl (C=O) groups is 1. The van der Waals surface area contributed by atoms with Gasteiger partial charge in [0.1, 0.15) is 11.5 Å². The fourth-order valence-corrected chi connectivity index (χ4v) is 4.54. The first-order valence-electron chi connectivity index (χ1n) is 10.4. The number of methoxy groups -OCH3 is 2. The van der Waals surface area contributed by atoms with Crippen molar-refractivity contribution in [2.45, 2.75) is 18.9 Å². The van der Waals surface area contributed by atoms with Gasteiger partial charge in [-0.2, -0.15) is 0 Å². The molecule has 3 aromatic carbocycles. The summed E-state index contributed by atoms with van der Waals surface area (Å²) in [7, 11) is 3.29. The lowest BCUT2D eigenvalue weighted by atomic mass is 9.88. The highest BCUT2D eigenvalue weighted by Gasteiger charge is 2.29. The zero-order chi connectivity index (χ0) is 21.4. The highest BCUT2D eigenvalue weighted by molar-refractivity contribution is 6.06. The van der Waals surface area contributed by atoms with Gasteiger partial charge in [-0.15, -0.1) is 0 Å². The van der Waals surface area contributed by atoms with Crippen molar-refractivity contribution in [2.24, 2.45) is 0 Å². The van der Waals surface area contributed by atoms with E-state index in [0.717, 1.165) is 45.8 Å². The van der Waals surface area contributed by atoms with Crippen LogP contribution in [0.3, 0.4) is 0 Å².